The van der Waals surface area contributed by atoms with E-state index in [-0.39, 0.29) is 11.7 Å². The number of primary amides is 1. The zero-order valence-corrected chi connectivity index (χ0v) is 11.0. The molecule has 1 atom stereocenters. The van der Waals surface area contributed by atoms with Gasteiger partial charge in [0.05, 0.1) is 0 Å². The number of amides is 1. The first kappa shape index (κ1) is 14.5. The van der Waals surface area contributed by atoms with Crippen LogP contribution in [0.15, 0.2) is 24.3 Å². The predicted octanol–water partition coefficient (Wildman–Crippen LogP) is 3.06. The molecule has 0 fully saturated rings. The van der Waals surface area contributed by atoms with Crippen molar-refractivity contribution in [2.75, 3.05) is 5.32 Å². The number of carbonyl (C=O) groups is 1. The lowest BCUT2D eigenvalue weighted by atomic mass is 9.88. The standard InChI is InChI=1S/C14H21FN2O/c1-3-5-10-14(4-2,13(16)18)17-12-8-6-11(15)7-9-12/h6-9,17H,3-5,10H2,1-2H3,(H2,16,18). The fourth-order valence-electron chi connectivity index (χ4n) is 1.97. The summed E-state index contributed by atoms with van der Waals surface area (Å²) in [5.41, 5.74) is 5.50. The lowest BCUT2D eigenvalue weighted by molar-refractivity contribution is -0.122. The summed E-state index contributed by atoms with van der Waals surface area (Å²) in [6.45, 7) is 4.00. The maximum Gasteiger partial charge on any atom is 0.243 e. The Hall–Kier alpha value is -1.58. The number of halogens is 1. The maximum absolute atomic E-state index is 12.8. The van der Waals surface area contributed by atoms with Gasteiger partial charge in [-0.15, -0.1) is 0 Å². The van der Waals surface area contributed by atoms with Gasteiger partial charge in [-0.05, 0) is 37.1 Å². The summed E-state index contributed by atoms with van der Waals surface area (Å²) in [4.78, 5) is 11.7. The number of hydrogen-bond acceptors (Lipinski definition) is 2. The fraction of sp³-hybridized carbons (Fsp3) is 0.500. The average molecular weight is 252 g/mol. The van der Waals surface area contributed by atoms with Crippen LogP contribution < -0.4 is 11.1 Å². The molecule has 0 aliphatic carbocycles. The summed E-state index contributed by atoms with van der Waals surface area (Å²) < 4.78 is 12.8. The second-order valence-electron chi connectivity index (χ2n) is 4.54. The van der Waals surface area contributed by atoms with Gasteiger partial charge in [0.15, 0.2) is 0 Å². The zero-order chi connectivity index (χ0) is 13.6. The molecule has 0 aliphatic heterocycles. The Labute approximate surface area is 108 Å². The molecule has 1 unspecified atom stereocenters. The molecule has 1 amide bonds. The third-order valence-electron chi connectivity index (χ3n) is 3.26. The van der Waals surface area contributed by atoms with Crippen LogP contribution >= 0.6 is 0 Å². The van der Waals surface area contributed by atoms with Crippen LogP contribution in [0.25, 0.3) is 0 Å². The van der Waals surface area contributed by atoms with Gasteiger partial charge in [0.2, 0.25) is 5.91 Å². The van der Waals surface area contributed by atoms with Crippen LogP contribution in [0.1, 0.15) is 39.5 Å². The van der Waals surface area contributed by atoms with Gasteiger partial charge in [0, 0.05) is 5.69 Å². The smallest absolute Gasteiger partial charge is 0.243 e. The minimum Gasteiger partial charge on any atom is -0.371 e. The lowest BCUT2D eigenvalue weighted by Gasteiger charge is -2.31. The molecule has 3 nitrogen and oxygen atoms in total. The Morgan fingerprint density at radius 2 is 1.94 bits per heavy atom. The molecule has 4 heteroatoms. The Morgan fingerprint density at radius 3 is 2.39 bits per heavy atom. The van der Waals surface area contributed by atoms with Crippen molar-refractivity contribution >= 4 is 11.6 Å². The number of nitrogens with one attached hydrogen (secondary N) is 1. The Bertz CT molecular complexity index is 391. The first-order chi connectivity index (χ1) is 8.54. The van der Waals surface area contributed by atoms with E-state index in [9.17, 15) is 9.18 Å². The monoisotopic (exact) mass is 252 g/mol. The molecule has 100 valence electrons. The molecule has 0 aliphatic rings. The van der Waals surface area contributed by atoms with Crippen molar-refractivity contribution in [3.8, 4) is 0 Å². The van der Waals surface area contributed by atoms with E-state index in [0.717, 1.165) is 12.8 Å². The Balaban J connectivity index is 2.89. The van der Waals surface area contributed by atoms with Crippen LogP contribution in [0.3, 0.4) is 0 Å². The quantitative estimate of drug-likeness (QED) is 0.783. The van der Waals surface area contributed by atoms with Crippen LogP contribution in [0.5, 0.6) is 0 Å². The number of nitrogens with two attached hydrogens (primary N) is 1. The van der Waals surface area contributed by atoms with E-state index in [2.05, 4.69) is 12.2 Å². The molecule has 0 saturated carbocycles. The number of carbonyl (C=O) groups excluding carboxylic acids is 1. The molecular formula is C14H21FN2O. The lowest BCUT2D eigenvalue weighted by Crippen LogP contribution is -2.50. The largest absolute Gasteiger partial charge is 0.371 e. The van der Waals surface area contributed by atoms with E-state index in [0.29, 0.717) is 18.5 Å². The number of unbranched alkanes of at least 4 members (excludes halogenated alkanes) is 1. The molecule has 3 N–H and O–H groups in total. The number of anilines is 1. The molecule has 0 radical (unpaired) electrons. The molecule has 1 aromatic carbocycles. The predicted molar refractivity (Wildman–Crippen MR) is 71.8 cm³/mol. The third-order valence-corrected chi connectivity index (χ3v) is 3.26. The summed E-state index contributed by atoms with van der Waals surface area (Å²) in [5.74, 6) is -0.655. The van der Waals surface area contributed by atoms with Crippen molar-refractivity contribution in [1.82, 2.24) is 0 Å². The van der Waals surface area contributed by atoms with E-state index >= 15 is 0 Å². The second-order valence-corrected chi connectivity index (χ2v) is 4.54. The molecule has 1 rings (SSSR count). The summed E-state index contributed by atoms with van der Waals surface area (Å²) in [6, 6.07) is 5.97. The molecule has 0 spiro atoms. The highest BCUT2D eigenvalue weighted by atomic mass is 19.1. The molecule has 0 saturated heterocycles. The number of rotatable bonds is 7. The van der Waals surface area contributed by atoms with Crippen LogP contribution in [0.4, 0.5) is 10.1 Å². The van der Waals surface area contributed by atoms with Gasteiger partial charge in [-0.3, -0.25) is 4.79 Å². The normalized spacial score (nSPS) is 13.9. The highest BCUT2D eigenvalue weighted by Crippen LogP contribution is 2.24. The minimum atomic E-state index is -0.742. The minimum absolute atomic E-state index is 0.296. The zero-order valence-electron chi connectivity index (χ0n) is 11.0. The molecule has 1 aromatic rings. The van der Waals surface area contributed by atoms with Crippen molar-refractivity contribution in [3.05, 3.63) is 30.1 Å². The van der Waals surface area contributed by atoms with Crippen molar-refractivity contribution in [2.24, 2.45) is 5.73 Å². The van der Waals surface area contributed by atoms with Gasteiger partial charge in [0.1, 0.15) is 11.4 Å². The van der Waals surface area contributed by atoms with Crippen molar-refractivity contribution in [3.63, 3.8) is 0 Å². The number of hydrogen-bond donors (Lipinski definition) is 2. The van der Waals surface area contributed by atoms with Gasteiger partial charge in [0.25, 0.3) is 0 Å². The van der Waals surface area contributed by atoms with Crippen molar-refractivity contribution in [2.45, 2.75) is 45.1 Å². The van der Waals surface area contributed by atoms with Crippen molar-refractivity contribution < 1.29 is 9.18 Å². The van der Waals surface area contributed by atoms with Gasteiger partial charge in [-0.2, -0.15) is 0 Å². The summed E-state index contributed by atoms with van der Waals surface area (Å²) in [5, 5.41) is 3.16. The van der Waals surface area contributed by atoms with E-state index in [1.807, 2.05) is 6.92 Å². The summed E-state index contributed by atoms with van der Waals surface area (Å²) in [6.07, 6.45) is 3.22. The number of benzene rings is 1. The summed E-state index contributed by atoms with van der Waals surface area (Å²) in [7, 11) is 0. The van der Waals surface area contributed by atoms with Gasteiger partial charge in [-0.1, -0.05) is 26.7 Å². The molecule has 0 heterocycles. The fourth-order valence-corrected chi connectivity index (χ4v) is 1.97. The second kappa shape index (κ2) is 6.38. The SMILES string of the molecule is CCCCC(CC)(Nc1ccc(F)cc1)C(N)=O. The first-order valence-corrected chi connectivity index (χ1v) is 6.37. The first-order valence-electron chi connectivity index (χ1n) is 6.37. The molecule has 0 bridgehead atoms. The van der Waals surface area contributed by atoms with Gasteiger partial charge in [-0.25, -0.2) is 4.39 Å². The van der Waals surface area contributed by atoms with E-state index < -0.39 is 5.54 Å². The molecule has 18 heavy (non-hydrogen) atoms. The van der Waals surface area contributed by atoms with Crippen molar-refractivity contribution in [1.29, 1.82) is 0 Å². The Kier molecular flexibility index (Phi) is 5.13. The molecular weight excluding hydrogens is 231 g/mol. The van der Waals surface area contributed by atoms with E-state index in [1.165, 1.54) is 12.1 Å². The average Bonchev–Trinajstić information content (AvgIpc) is 2.36. The van der Waals surface area contributed by atoms with Crippen LogP contribution in [0.2, 0.25) is 0 Å². The van der Waals surface area contributed by atoms with Crippen LogP contribution in [-0.4, -0.2) is 11.4 Å². The third kappa shape index (κ3) is 3.45. The van der Waals surface area contributed by atoms with E-state index in [1.54, 1.807) is 12.1 Å². The highest BCUT2D eigenvalue weighted by Gasteiger charge is 2.33. The van der Waals surface area contributed by atoms with Crippen LogP contribution in [-0.2, 0) is 4.79 Å². The van der Waals surface area contributed by atoms with E-state index in [4.69, 9.17) is 5.73 Å². The molecule has 0 aromatic heterocycles. The van der Waals surface area contributed by atoms with Crippen LogP contribution in [0, 0.1) is 5.82 Å². The topological polar surface area (TPSA) is 55.1 Å². The summed E-state index contributed by atoms with van der Waals surface area (Å²) >= 11 is 0. The van der Waals surface area contributed by atoms with Gasteiger partial charge >= 0.3 is 0 Å². The Morgan fingerprint density at radius 1 is 1.33 bits per heavy atom. The highest BCUT2D eigenvalue weighted by molar-refractivity contribution is 5.87. The maximum atomic E-state index is 12.8. The van der Waals surface area contributed by atoms with Gasteiger partial charge < -0.3 is 11.1 Å².